The van der Waals surface area contributed by atoms with Gasteiger partial charge in [0.1, 0.15) is 12.6 Å². The van der Waals surface area contributed by atoms with Crippen LogP contribution in [0.1, 0.15) is 53.0 Å². The summed E-state index contributed by atoms with van der Waals surface area (Å²) in [6, 6.07) is 8.02. The van der Waals surface area contributed by atoms with Crippen molar-refractivity contribution in [2.45, 2.75) is 66.2 Å². The third-order valence-electron chi connectivity index (χ3n) is 4.50. The monoisotopic (exact) mass is 376 g/mol. The van der Waals surface area contributed by atoms with Crippen molar-refractivity contribution in [1.29, 1.82) is 0 Å². The van der Waals surface area contributed by atoms with E-state index in [-0.39, 0.29) is 30.1 Å². The molecule has 3 atom stereocenters. The maximum atomic E-state index is 12.7. The van der Waals surface area contributed by atoms with Gasteiger partial charge in [0.15, 0.2) is 5.78 Å². The van der Waals surface area contributed by atoms with Crippen LogP contribution in [0.5, 0.6) is 0 Å². The number of ketones is 1. The van der Waals surface area contributed by atoms with Crippen LogP contribution in [0, 0.1) is 11.8 Å². The van der Waals surface area contributed by atoms with Gasteiger partial charge >= 0.3 is 6.09 Å². The summed E-state index contributed by atoms with van der Waals surface area (Å²) in [5.74, 6) is -0.278. The van der Waals surface area contributed by atoms with Crippen molar-refractivity contribution in [3.63, 3.8) is 0 Å². The van der Waals surface area contributed by atoms with Crippen LogP contribution in [-0.4, -0.2) is 29.9 Å². The molecule has 6 heteroatoms. The minimum atomic E-state index is -0.757. The molecule has 1 rings (SSSR count). The molecule has 0 saturated heterocycles. The molecule has 0 fully saturated rings. The molecule has 1 aromatic rings. The smallest absolute Gasteiger partial charge is 0.408 e. The quantitative estimate of drug-likeness (QED) is 0.655. The third-order valence-corrected chi connectivity index (χ3v) is 4.50. The second kappa shape index (κ2) is 11.4. The van der Waals surface area contributed by atoms with Crippen molar-refractivity contribution in [3.05, 3.63) is 35.9 Å². The van der Waals surface area contributed by atoms with Crippen LogP contribution >= 0.6 is 0 Å². The lowest BCUT2D eigenvalue weighted by atomic mass is 9.96. The van der Waals surface area contributed by atoms with Gasteiger partial charge in [-0.15, -0.1) is 0 Å². The first-order valence-corrected chi connectivity index (χ1v) is 9.52. The van der Waals surface area contributed by atoms with Gasteiger partial charge in [-0.1, -0.05) is 64.4 Å². The van der Waals surface area contributed by atoms with E-state index in [9.17, 15) is 14.4 Å². The molecule has 0 bridgehead atoms. The lowest BCUT2D eigenvalue weighted by Gasteiger charge is -2.26. The topological polar surface area (TPSA) is 84.5 Å². The number of alkyl carbamates (subject to hydrolysis) is 1. The largest absolute Gasteiger partial charge is 0.445 e. The van der Waals surface area contributed by atoms with Gasteiger partial charge in [-0.25, -0.2) is 4.79 Å². The van der Waals surface area contributed by atoms with Crippen molar-refractivity contribution in [3.8, 4) is 0 Å². The van der Waals surface area contributed by atoms with Crippen LogP contribution in [0.2, 0.25) is 0 Å². The zero-order valence-electron chi connectivity index (χ0n) is 17.0. The van der Waals surface area contributed by atoms with E-state index in [0.29, 0.717) is 12.8 Å². The average molecular weight is 376 g/mol. The average Bonchev–Trinajstić information content (AvgIpc) is 2.63. The van der Waals surface area contributed by atoms with Crippen molar-refractivity contribution in [2.24, 2.45) is 11.8 Å². The van der Waals surface area contributed by atoms with E-state index in [4.69, 9.17) is 4.74 Å². The van der Waals surface area contributed by atoms with Gasteiger partial charge in [-0.05, 0) is 30.7 Å². The van der Waals surface area contributed by atoms with Gasteiger partial charge in [0, 0.05) is 0 Å². The Kier molecular flexibility index (Phi) is 9.54. The highest BCUT2D eigenvalue weighted by molar-refractivity contribution is 5.91. The first kappa shape index (κ1) is 22.7. The highest BCUT2D eigenvalue weighted by Gasteiger charge is 2.29. The highest BCUT2D eigenvalue weighted by Crippen LogP contribution is 2.11. The molecule has 0 aliphatic carbocycles. The van der Waals surface area contributed by atoms with E-state index in [0.717, 1.165) is 5.56 Å². The second-order valence-corrected chi connectivity index (χ2v) is 7.37. The fourth-order valence-electron chi connectivity index (χ4n) is 2.65. The molecule has 6 nitrogen and oxygen atoms in total. The number of Topliss-reactive ketones (excluding diaryl/α,β-unsaturated/α-hetero) is 1. The summed E-state index contributed by atoms with van der Waals surface area (Å²) in [4.78, 5) is 36.7. The molecule has 0 saturated carbocycles. The fourth-order valence-corrected chi connectivity index (χ4v) is 2.65. The van der Waals surface area contributed by atoms with Crippen molar-refractivity contribution >= 4 is 17.8 Å². The Hall–Kier alpha value is -2.37. The normalized spacial score (nSPS) is 14.1. The van der Waals surface area contributed by atoms with Crippen LogP contribution in [0.15, 0.2) is 30.3 Å². The lowest BCUT2D eigenvalue weighted by Crippen LogP contribution is -2.54. The minimum absolute atomic E-state index is 0.0911. The van der Waals surface area contributed by atoms with Gasteiger partial charge < -0.3 is 15.4 Å². The molecule has 2 N–H and O–H groups in total. The lowest BCUT2D eigenvalue weighted by molar-refractivity contribution is -0.129. The van der Waals surface area contributed by atoms with Crippen LogP contribution in [0.3, 0.4) is 0 Å². The number of carbonyl (C=O) groups is 3. The molecule has 0 aromatic heterocycles. The van der Waals surface area contributed by atoms with E-state index in [1.54, 1.807) is 0 Å². The predicted molar refractivity (Wildman–Crippen MR) is 105 cm³/mol. The van der Waals surface area contributed by atoms with E-state index >= 15 is 0 Å². The molecule has 0 spiro atoms. The van der Waals surface area contributed by atoms with E-state index in [1.807, 2.05) is 58.0 Å². The first-order chi connectivity index (χ1) is 12.7. The number of nitrogens with one attached hydrogen (secondary N) is 2. The molecule has 0 aliphatic rings. The van der Waals surface area contributed by atoms with Crippen molar-refractivity contribution in [2.75, 3.05) is 0 Å². The van der Waals surface area contributed by atoms with Crippen molar-refractivity contribution < 1.29 is 19.1 Å². The number of ether oxygens (including phenoxy) is 1. The molecular weight excluding hydrogens is 344 g/mol. The van der Waals surface area contributed by atoms with Gasteiger partial charge in [0.05, 0.1) is 6.04 Å². The summed E-state index contributed by atoms with van der Waals surface area (Å²) in [7, 11) is 0. The molecule has 0 radical (unpaired) electrons. The Bertz CT molecular complexity index is 616. The van der Waals surface area contributed by atoms with Crippen LogP contribution in [-0.2, 0) is 20.9 Å². The van der Waals surface area contributed by atoms with Gasteiger partial charge in [-0.3, -0.25) is 9.59 Å². The molecule has 1 aromatic carbocycles. The first-order valence-electron chi connectivity index (χ1n) is 9.52. The molecular formula is C21H32N2O4. The Morgan fingerprint density at radius 2 is 1.67 bits per heavy atom. The highest BCUT2D eigenvalue weighted by atomic mass is 16.5. The molecule has 0 heterocycles. The minimum Gasteiger partial charge on any atom is -0.445 e. The zero-order chi connectivity index (χ0) is 20.4. The Labute approximate surface area is 162 Å². The molecule has 27 heavy (non-hydrogen) atoms. The summed E-state index contributed by atoms with van der Waals surface area (Å²) in [5.41, 5.74) is 0.866. The second-order valence-electron chi connectivity index (χ2n) is 7.37. The Morgan fingerprint density at radius 3 is 2.19 bits per heavy atom. The van der Waals surface area contributed by atoms with Gasteiger partial charge in [0.25, 0.3) is 0 Å². The van der Waals surface area contributed by atoms with Crippen LogP contribution in [0.25, 0.3) is 0 Å². The van der Waals surface area contributed by atoms with E-state index in [1.165, 1.54) is 6.92 Å². The number of hydrogen-bond acceptors (Lipinski definition) is 4. The Balaban J connectivity index is 2.71. The summed E-state index contributed by atoms with van der Waals surface area (Å²) in [5, 5.41) is 5.43. The summed E-state index contributed by atoms with van der Waals surface area (Å²) in [6.45, 7) is 9.41. The number of benzene rings is 1. The number of carbonyl (C=O) groups excluding carboxylic acids is 3. The summed E-state index contributed by atoms with van der Waals surface area (Å²) >= 11 is 0. The van der Waals surface area contributed by atoms with E-state index in [2.05, 4.69) is 10.6 Å². The maximum Gasteiger partial charge on any atom is 0.408 e. The number of rotatable bonds is 10. The standard InChI is InChI=1S/C21H32N2O4/c1-6-15(4)19(20(25)22-18(16(5)24)12-14(2)3)23-21(26)27-13-17-10-8-7-9-11-17/h7-11,14-15,18-19H,6,12-13H2,1-5H3,(H,22,25)(H,23,26)/t15-,18?,19-/m0/s1. The molecule has 1 unspecified atom stereocenters. The van der Waals surface area contributed by atoms with Crippen LogP contribution in [0.4, 0.5) is 4.79 Å². The third kappa shape index (κ3) is 8.24. The Morgan fingerprint density at radius 1 is 1.04 bits per heavy atom. The van der Waals surface area contributed by atoms with Gasteiger partial charge in [0.2, 0.25) is 5.91 Å². The maximum absolute atomic E-state index is 12.7. The van der Waals surface area contributed by atoms with E-state index < -0.39 is 18.2 Å². The zero-order valence-corrected chi connectivity index (χ0v) is 17.0. The molecule has 0 aliphatic heterocycles. The van der Waals surface area contributed by atoms with Gasteiger partial charge in [-0.2, -0.15) is 0 Å². The van der Waals surface area contributed by atoms with Crippen molar-refractivity contribution in [1.82, 2.24) is 10.6 Å². The fraction of sp³-hybridized carbons (Fsp3) is 0.571. The molecule has 2 amide bonds. The molecule has 150 valence electrons. The predicted octanol–water partition coefficient (Wildman–Crippen LogP) is 3.45. The number of hydrogen-bond donors (Lipinski definition) is 2. The number of amides is 2. The van der Waals surface area contributed by atoms with Crippen LogP contribution < -0.4 is 10.6 Å². The summed E-state index contributed by atoms with van der Waals surface area (Å²) < 4.78 is 5.22. The summed E-state index contributed by atoms with van der Waals surface area (Å²) in [6.07, 6.45) is 0.612. The SMILES string of the molecule is CC[C@H](C)[C@H](NC(=O)OCc1ccccc1)C(=O)NC(CC(C)C)C(C)=O.